The number of carbonyl (C=O) groups is 1. The Hall–Kier alpha value is -2.87. The van der Waals surface area contributed by atoms with Crippen LogP contribution >= 0.6 is 11.3 Å². The fourth-order valence-electron chi connectivity index (χ4n) is 2.83. The number of fused-ring (bicyclic) bond motifs is 1. The molecule has 0 saturated carbocycles. The highest BCUT2D eigenvalue weighted by Crippen LogP contribution is 2.36. The minimum absolute atomic E-state index is 0.190. The van der Waals surface area contributed by atoms with Crippen molar-refractivity contribution in [3.63, 3.8) is 0 Å². The number of aryl methyl sites for hydroxylation is 1. The summed E-state index contributed by atoms with van der Waals surface area (Å²) in [5, 5.41) is 0.590. The van der Waals surface area contributed by atoms with Gasteiger partial charge in [0.15, 0.2) is 10.8 Å². The second kappa shape index (κ2) is 6.45. The minimum atomic E-state index is -0.400. The molecule has 1 aliphatic rings. The Kier molecular flexibility index (Phi) is 4.12. The van der Waals surface area contributed by atoms with Crippen molar-refractivity contribution in [1.82, 2.24) is 15.0 Å². The molecule has 132 valence electrons. The maximum absolute atomic E-state index is 13.5. The molecule has 4 rings (SSSR count). The number of benzene rings is 1. The third-order valence-corrected chi connectivity index (χ3v) is 5.11. The lowest BCUT2D eigenvalue weighted by Crippen LogP contribution is -2.42. The lowest BCUT2D eigenvalue weighted by Gasteiger charge is -2.33. The first kappa shape index (κ1) is 16.6. The Bertz CT molecular complexity index is 977. The molecular formula is C18H15FN4O2S. The van der Waals surface area contributed by atoms with E-state index in [2.05, 4.69) is 15.0 Å². The third kappa shape index (κ3) is 2.92. The summed E-state index contributed by atoms with van der Waals surface area (Å²) >= 11 is 1.25. The first-order chi connectivity index (χ1) is 12.5. The molecule has 3 heterocycles. The van der Waals surface area contributed by atoms with Gasteiger partial charge in [0.2, 0.25) is 0 Å². The van der Waals surface area contributed by atoms with E-state index >= 15 is 0 Å². The largest absolute Gasteiger partial charge is 0.487 e. The highest BCUT2D eigenvalue weighted by molar-refractivity contribution is 7.17. The van der Waals surface area contributed by atoms with Crippen molar-refractivity contribution in [3.8, 4) is 16.6 Å². The highest BCUT2D eigenvalue weighted by Gasteiger charge is 2.31. The number of rotatable bonds is 2. The number of amides is 1. The van der Waals surface area contributed by atoms with Gasteiger partial charge in [-0.1, -0.05) is 0 Å². The van der Waals surface area contributed by atoms with Crippen molar-refractivity contribution < 1.29 is 13.9 Å². The van der Waals surface area contributed by atoms with Gasteiger partial charge in [-0.3, -0.25) is 4.79 Å². The zero-order valence-electron chi connectivity index (χ0n) is 14.1. The van der Waals surface area contributed by atoms with Crippen LogP contribution in [-0.4, -0.2) is 33.5 Å². The van der Waals surface area contributed by atoms with E-state index in [0.717, 1.165) is 0 Å². The van der Waals surface area contributed by atoms with Crippen molar-refractivity contribution in [2.45, 2.75) is 20.0 Å². The SMILES string of the molecule is Cc1nc(-c2ncccn2)sc1C(=O)N1CC(C)Oc2cc(F)ccc21. The van der Waals surface area contributed by atoms with Crippen LogP contribution in [0.3, 0.4) is 0 Å². The maximum Gasteiger partial charge on any atom is 0.270 e. The fraction of sp³-hybridized carbons (Fsp3) is 0.222. The Labute approximate surface area is 153 Å². The Balaban J connectivity index is 1.72. The number of halogens is 1. The van der Waals surface area contributed by atoms with E-state index in [1.807, 2.05) is 6.92 Å². The van der Waals surface area contributed by atoms with E-state index in [1.165, 1.54) is 23.5 Å². The van der Waals surface area contributed by atoms with Gasteiger partial charge in [0.1, 0.15) is 22.5 Å². The van der Waals surface area contributed by atoms with Crippen molar-refractivity contribution in [1.29, 1.82) is 0 Å². The summed E-state index contributed by atoms with van der Waals surface area (Å²) < 4.78 is 19.2. The van der Waals surface area contributed by atoms with Crippen molar-refractivity contribution in [2.24, 2.45) is 0 Å². The molecule has 1 atom stereocenters. The van der Waals surface area contributed by atoms with Crippen LogP contribution in [-0.2, 0) is 0 Å². The van der Waals surface area contributed by atoms with Crippen molar-refractivity contribution in [2.75, 3.05) is 11.4 Å². The molecule has 1 unspecified atom stereocenters. The summed E-state index contributed by atoms with van der Waals surface area (Å²) in [6, 6.07) is 5.91. The van der Waals surface area contributed by atoms with Crippen LogP contribution in [0.1, 0.15) is 22.3 Å². The molecule has 0 aliphatic carbocycles. The van der Waals surface area contributed by atoms with Gasteiger partial charge in [0.25, 0.3) is 5.91 Å². The van der Waals surface area contributed by atoms with Gasteiger partial charge >= 0.3 is 0 Å². The summed E-state index contributed by atoms with van der Waals surface area (Å²) in [6.45, 7) is 4.01. The van der Waals surface area contributed by atoms with Gasteiger partial charge in [-0.15, -0.1) is 11.3 Å². The molecule has 0 saturated heterocycles. The molecule has 0 N–H and O–H groups in total. The molecule has 0 bridgehead atoms. The van der Waals surface area contributed by atoms with Crippen LogP contribution in [0, 0.1) is 12.7 Å². The van der Waals surface area contributed by atoms with Crippen LogP contribution in [0.15, 0.2) is 36.7 Å². The van der Waals surface area contributed by atoms with Crippen LogP contribution < -0.4 is 9.64 Å². The predicted molar refractivity (Wildman–Crippen MR) is 96.0 cm³/mol. The van der Waals surface area contributed by atoms with E-state index < -0.39 is 5.82 Å². The Morgan fingerprint density at radius 1 is 1.35 bits per heavy atom. The number of hydrogen-bond donors (Lipinski definition) is 0. The number of hydrogen-bond acceptors (Lipinski definition) is 6. The second-order valence-electron chi connectivity index (χ2n) is 5.96. The van der Waals surface area contributed by atoms with E-state index in [9.17, 15) is 9.18 Å². The van der Waals surface area contributed by atoms with Gasteiger partial charge in [-0.25, -0.2) is 19.3 Å². The summed E-state index contributed by atoms with van der Waals surface area (Å²) in [4.78, 5) is 28.1. The van der Waals surface area contributed by atoms with Crippen LogP contribution in [0.2, 0.25) is 0 Å². The topological polar surface area (TPSA) is 68.2 Å². The standard InChI is InChI=1S/C18H15FN4O2S/c1-10-9-23(13-5-4-12(19)8-14(13)25-10)18(24)15-11(2)22-17(26-15)16-20-6-3-7-21-16/h3-8,10H,9H2,1-2H3. The molecule has 6 nitrogen and oxygen atoms in total. The lowest BCUT2D eigenvalue weighted by atomic mass is 10.2. The normalized spacial score (nSPS) is 16.1. The van der Waals surface area contributed by atoms with Crippen molar-refractivity contribution >= 4 is 22.9 Å². The van der Waals surface area contributed by atoms with Gasteiger partial charge in [-0.05, 0) is 32.0 Å². The molecule has 0 spiro atoms. The third-order valence-electron chi connectivity index (χ3n) is 3.97. The van der Waals surface area contributed by atoms with Crippen LogP contribution in [0.4, 0.5) is 10.1 Å². The van der Waals surface area contributed by atoms with Crippen molar-refractivity contribution in [3.05, 3.63) is 53.0 Å². The lowest BCUT2D eigenvalue weighted by molar-refractivity contribution is 0.0964. The molecule has 26 heavy (non-hydrogen) atoms. The molecular weight excluding hydrogens is 355 g/mol. The molecule has 1 amide bonds. The fourth-order valence-corrected chi connectivity index (χ4v) is 3.79. The minimum Gasteiger partial charge on any atom is -0.487 e. The van der Waals surface area contributed by atoms with Gasteiger partial charge < -0.3 is 9.64 Å². The number of thiazole rings is 1. The van der Waals surface area contributed by atoms with Gasteiger partial charge in [0.05, 0.1) is 17.9 Å². The zero-order chi connectivity index (χ0) is 18.3. The Morgan fingerprint density at radius 3 is 2.88 bits per heavy atom. The van der Waals surface area contributed by atoms with E-state index in [0.29, 0.717) is 39.4 Å². The molecule has 0 fully saturated rings. The number of ether oxygens (including phenoxy) is 1. The van der Waals surface area contributed by atoms with E-state index in [1.54, 1.807) is 36.4 Å². The molecule has 1 aliphatic heterocycles. The van der Waals surface area contributed by atoms with Gasteiger partial charge in [-0.2, -0.15) is 0 Å². The second-order valence-corrected chi connectivity index (χ2v) is 6.96. The zero-order valence-corrected chi connectivity index (χ0v) is 15.0. The van der Waals surface area contributed by atoms with E-state index in [-0.39, 0.29) is 12.0 Å². The van der Waals surface area contributed by atoms with E-state index in [4.69, 9.17) is 4.74 Å². The number of carbonyl (C=O) groups excluding carboxylic acids is 1. The van der Waals surface area contributed by atoms with Gasteiger partial charge in [0, 0.05) is 18.5 Å². The number of nitrogens with zero attached hydrogens (tertiary/aromatic N) is 4. The quantitative estimate of drug-likeness (QED) is 0.691. The summed E-state index contributed by atoms with van der Waals surface area (Å²) in [5.41, 5.74) is 1.17. The molecule has 3 aromatic rings. The first-order valence-corrected chi connectivity index (χ1v) is 8.87. The monoisotopic (exact) mass is 370 g/mol. The average molecular weight is 370 g/mol. The number of aromatic nitrogens is 3. The maximum atomic E-state index is 13.5. The smallest absolute Gasteiger partial charge is 0.270 e. The predicted octanol–water partition coefficient (Wildman–Crippen LogP) is 3.48. The summed E-state index contributed by atoms with van der Waals surface area (Å²) in [6.07, 6.45) is 3.03. The molecule has 8 heteroatoms. The summed E-state index contributed by atoms with van der Waals surface area (Å²) in [7, 11) is 0. The molecule has 1 aromatic carbocycles. The van der Waals surface area contributed by atoms with Crippen LogP contribution in [0.5, 0.6) is 5.75 Å². The average Bonchev–Trinajstić information content (AvgIpc) is 3.02. The first-order valence-electron chi connectivity index (χ1n) is 8.06. The summed E-state index contributed by atoms with van der Waals surface area (Å²) in [5.74, 6) is 0.260. The number of anilines is 1. The Morgan fingerprint density at radius 2 is 2.12 bits per heavy atom. The highest BCUT2D eigenvalue weighted by atomic mass is 32.1. The molecule has 0 radical (unpaired) electrons. The van der Waals surface area contributed by atoms with Crippen LogP contribution in [0.25, 0.3) is 10.8 Å². The molecule has 2 aromatic heterocycles.